The molecular weight excluding hydrogens is 353 g/mol. The molecule has 2 atom stereocenters. The van der Waals surface area contributed by atoms with Crippen molar-refractivity contribution in [1.82, 2.24) is 5.32 Å². The van der Waals surface area contributed by atoms with Crippen LogP contribution in [0, 0.1) is 0 Å². The first-order valence-electron chi connectivity index (χ1n) is 6.48. The molecule has 0 heterocycles. The number of alkyl carbamates (subject to hydrolysis) is 1. The van der Waals surface area contributed by atoms with Gasteiger partial charge in [-0.1, -0.05) is 34.8 Å². The molecule has 1 rings (SSSR count). The van der Waals surface area contributed by atoms with E-state index in [1.807, 2.05) is 0 Å². The van der Waals surface area contributed by atoms with Crippen LogP contribution in [0.1, 0.15) is 32.4 Å². The minimum Gasteiger partial charge on any atom is -0.444 e. The van der Waals surface area contributed by atoms with Crippen LogP contribution in [-0.2, 0) is 4.74 Å². The van der Waals surface area contributed by atoms with E-state index in [2.05, 4.69) is 5.32 Å². The highest BCUT2D eigenvalue weighted by atomic mass is 35.5. The van der Waals surface area contributed by atoms with Gasteiger partial charge in [-0.2, -0.15) is 0 Å². The van der Waals surface area contributed by atoms with Crippen LogP contribution < -0.4 is 5.32 Å². The number of nitrogens with one attached hydrogen (secondary N) is 1. The van der Waals surface area contributed by atoms with Gasteiger partial charge in [0.25, 0.3) is 0 Å². The maximum absolute atomic E-state index is 11.5. The lowest BCUT2D eigenvalue weighted by Crippen LogP contribution is -2.38. The SMILES string of the molecule is CC(C)(C)OC(=O)NCC(O)C(O)c1cc(Cl)c(Cl)c(Cl)c1. The predicted octanol–water partition coefficient (Wildman–Crippen LogP) is 3.57. The lowest BCUT2D eigenvalue weighted by atomic mass is 10.0. The minimum atomic E-state index is -1.29. The average molecular weight is 371 g/mol. The van der Waals surface area contributed by atoms with Crippen molar-refractivity contribution in [3.8, 4) is 0 Å². The Bertz CT molecular complexity index is 522. The van der Waals surface area contributed by atoms with E-state index >= 15 is 0 Å². The number of carbonyl (C=O) groups is 1. The average Bonchev–Trinajstić information content (AvgIpc) is 2.38. The van der Waals surface area contributed by atoms with Gasteiger partial charge in [-0.05, 0) is 38.5 Å². The number of ether oxygens (including phenoxy) is 1. The molecule has 124 valence electrons. The smallest absolute Gasteiger partial charge is 0.407 e. The number of hydrogen-bond acceptors (Lipinski definition) is 4. The van der Waals surface area contributed by atoms with Crippen molar-refractivity contribution in [3.63, 3.8) is 0 Å². The van der Waals surface area contributed by atoms with Gasteiger partial charge in [0.15, 0.2) is 0 Å². The van der Waals surface area contributed by atoms with E-state index in [0.717, 1.165) is 0 Å². The molecule has 8 heteroatoms. The zero-order chi connectivity index (χ0) is 17.1. The number of amides is 1. The van der Waals surface area contributed by atoms with Crippen molar-refractivity contribution in [3.05, 3.63) is 32.8 Å². The third-order valence-corrected chi connectivity index (χ3v) is 3.76. The van der Waals surface area contributed by atoms with E-state index in [-0.39, 0.29) is 27.2 Å². The summed E-state index contributed by atoms with van der Waals surface area (Å²) in [6.07, 6.45) is -3.24. The van der Waals surface area contributed by atoms with Crippen molar-refractivity contribution in [2.24, 2.45) is 0 Å². The monoisotopic (exact) mass is 369 g/mol. The number of rotatable bonds is 4. The normalized spacial score (nSPS) is 14.4. The van der Waals surface area contributed by atoms with Crippen LogP contribution in [0.15, 0.2) is 12.1 Å². The van der Waals surface area contributed by atoms with Gasteiger partial charge in [-0.3, -0.25) is 0 Å². The quantitative estimate of drug-likeness (QED) is 0.708. The second-order valence-electron chi connectivity index (χ2n) is 5.69. The number of aliphatic hydroxyl groups is 2. The van der Waals surface area contributed by atoms with Crippen molar-refractivity contribution in [2.45, 2.75) is 38.6 Å². The summed E-state index contributed by atoms with van der Waals surface area (Å²) < 4.78 is 5.03. The van der Waals surface area contributed by atoms with Crippen molar-refractivity contribution >= 4 is 40.9 Å². The Balaban J connectivity index is 2.66. The summed E-state index contributed by atoms with van der Waals surface area (Å²) in [6.45, 7) is 4.95. The van der Waals surface area contributed by atoms with E-state index in [0.29, 0.717) is 0 Å². The first-order valence-corrected chi connectivity index (χ1v) is 7.62. The first kappa shape index (κ1) is 19.3. The Kier molecular flexibility index (Phi) is 6.77. The maximum Gasteiger partial charge on any atom is 0.407 e. The molecule has 0 spiro atoms. The van der Waals surface area contributed by atoms with Gasteiger partial charge >= 0.3 is 6.09 Å². The molecule has 0 fully saturated rings. The van der Waals surface area contributed by atoms with Crippen LogP contribution in [0.25, 0.3) is 0 Å². The van der Waals surface area contributed by atoms with Crippen LogP contribution in [0.2, 0.25) is 15.1 Å². The van der Waals surface area contributed by atoms with Crippen molar-refractivity contribution < 1.29 is 19.7 Å². The fraction of sp³-hybridized carbons (Fsp3) is 0.500. The van der Waals surface area contributed by atoms with Gasteiger partial charge in [0.1, 0.15) is 17.8 Å². The maximum atomic E-state index is 11.5. The van der Waals surface area contributed by atoms with E-state index in [9.17, 15) is 15.0 Å². The van der Waals surface area contributed by atoms with Gasteiger partial charge in [-0.15, -0.1) is 0 Å². The number of carbonyl (C=O) groups excluding carboxylic acids is 1. The highest BCUT2D eigenvalue weighted by Gasteiger charge is 2.22. The molecule has 0 bridgehead atoms. The molecule has 5 nitrogen and oxygen atoms in total. The first-order chi connectivity index (χ1) is 10.0. The van der Waals surface area contributed by atoms with Crippen molar-refractivity contribution in [1.29, 1.82) is 0 Å². The second-order valence-corrected chi connectivity index (χ2v) is 6.89. The molecule has 1 amide bonds. The Labute approximate surface area is 144 Å². The molecule has 0 radical (unpaired) electrons. The van der Waals surface area contributed by atoms with Gasteiger partial charge in [0.2, 0.25) is 0 Å². The van der Waals surface area contributed by atoms with E-state index in [4.69, 9.17) is 39.5 Å². The van der Waals surface area contributed by atoms with Crippen molar-refractivity contribution in [2.75, 3.05) is 6.54 Å². The zero-order valence-electron chi connectivity index (χ0n) is 12.4. The zero-order valence-corrected chi connectivity index (χ0v) is 14.6. The molecule has 1 aromatic carbocycles. The highest BCUT2D eigenvalue weighted by Crippen LogP contribution is 2.33. The molecule has 22 heavy (non-hydrogen) atoms. The molecule has 1 aromatic rings. The lowest BCUT2D eigenvalue weighted by Gasteiger charge is -2.22. The van der Waals surface area contributed by atoms with E-state index in [1.54, 1.807) is 20.8 Å². The molecule has 0 saturated heterocycles. The highest BCUT2D eigenvalue weighted by molar-refractivity contribution is 6.48. The molecule has 3 N–H and O–H groups in total. The fourth-order valence-corrected chi connectivity index (χ4v) is 2.19. The van der Waals surface area contributed by atoms with E-state index < -0.39 is 23.9 Å². The molecule has 0 aliphatic carbocycles. The lowest BCUT2D eigenvalue weighted by molar-refractivity contribution is 0.0129. The van der Waals surface area contributed by atoms with Gasteiger partial charge < -0.3 is 20.3 Å². The Morgan fingerprint density at radius 1 is 1.23 bits per heavy atom. The summed E-state index contributed by atoms with van der Waals surface area (Å²) in [5.41, 5.74) is -0.358. The van der Waals surface area contributed by atoms with Crippen LogP contribution in [0.5, 0.6) is 0 Å². The third-order valence-electron chi connectivity index (χ3n) is 2.57. The summed E-state index contributed by atoms with van der Waals surface area (Å²) in [5, 5.41) is 22.9. The number of hydrogen-bond donors (Lipinski definition) is 3. The predicted molar refractivity (Wildman–Crippen MR) is 86.7 cm³/mol. The van der Waals surface area contributed by atoms with Gasteiger partial charge in [0, 0.05) is 6.54 Å². The Hall–Kier alpha value is -0.720. The molecule has 0 aliphatic heterocycles. The minimum absolute atomic E-state index is 0.163. The Morgan fingerprint density at radius 3 is 2.18 bits per heavy atom. The van der Waals surface area contributed by atoms with Crippen LogP contribution in [-0.4, -0.2) is 34.6 Å². The Morgan fingerprint density at radius 2 is 1.73 bits per heavy atom. The van der Waals surface area contributed by atoms with Crippen LogP contribution >= 0.6 is 34.8 Å². The van der Waals surface area contributed by atoms with E-state index in [1.165, 1.54) is 12.1 Å². The summed E-state index contributed by atoms with van der Waals surface area (Å²) in [7, 11) is 0. The molecule has 0 aliphatic rings. The second kappa shape index (κ2) is 7.70. The molecule has 0 saturated carbocycles. The third kappa shape index (κ3) is 5.82. The largest absolute Gasteiger partial charge is 0.444 e. The standard InChI is InChI=1S/C14H18Cl3NO4/c1-14(2,3)22-13(21)18-6-10(19)12(20)7-4-8(15)11(17)9(16)5-7/h4-5,10,12,19-20H,6H2,1-3H3,(H,18,21). The van der Waals surface area contributed by atoms with Crippen LogP contribution in [0.3, 0.4) is 0 Å². The topological polar surface area (TPSA) is 78.8 Å². The van der Waals surface area contributed by atoms with Gasteiger partial charge in [0.05, 0.1) is 15.1 Å². The van der Waals surface area contributed by atoms with Crippen LogP contribution in [0.4, 0.5) is 4.79 Å². The summed E-state index contributed by atoms with van der Waals surface area (Å²) >= 11 is 17.6. The molecule has 0 aromatic heterocycles. The van der Waals surface area contributed by atoms with Gasteiger partial charge in [-0.25, -0.2) is 4.79 Å². The summed E-state index contributed by atoms with van der Waals surface area (Å²) in [5.74, 6) is 0. The fourth-order valence-electron chi connectivity index (χ4n) is 1.58. The number of aliphatic hydroxyl groups excluding tert-OH is 2. The molecular formula is C14H18Cl3NO4. The number of benzene rings is 1. The summed E-state index contributed by atoms with van der Waals surface area (Å²) in [4.78, 5) is 11.5. The summed E-state index contributed by atoms with van der Waals surface area (Å²) in [6, 6.07) is 2.80. The molecule has 2 unspecified atom stereocenters. The number of halogens is 3.